The first-order valence-electron chi connectivity index (χ1n) is 10.3. The van der Waals surface area contributed by atoms with Gasteiger partial charge in [0, 0.05) is 22.9 Å². The van der Waals surface area contributed by atoms with Crippen LogP contribution in [0.2, 0.25) is 5.02 Å². The number of anilines is 1. The Bertz CT molecular complexity index is 845. The minimum Gasteiger partial charge on any atom is -0.285 e. The molecule has 0 spiro atoms. The van der Waals surface area contributed by atoms with E-state index in [1.807, 2.05) is 10.3 Å². The summed E-state index contributed by atoms with van der Waals surface area (Å²) in [7, 11) is 0. The van der Waals surface area contributed by atoms with Crippen molar-refractivity contribution in [2.75, 3.05) is 4.90 Å². The van der Waals surface area contributed by atoms with Gasteiger partial charge in [0.25, 0.3) is 0 Å². The number of thiazole rings is 1. The van der Waals surface area contributed by atoms with Gasteiger partial charge in [0.1, 0.15) is 5.82 Å². The van der Waals surface area contributed by atoms with Gasteiger partial charge in [-0.3, -0.25) is 9.69 Å². The zero-order chi connectivity index (χ0) is 19.7. The number of amides is 1. The van der Waals surface area contributed by atoms with Crippen molar-refractivity contribution in [2.45, 2.75) is 64.3 Å². The minimum absolute atomic E-state index is 0.0637. The van der Waals surface area contributed by atoms with Crippen LogP contribution in [0.15, 0.2) is 23.6 Å². The van der Waals surface area contributed by atoms with E-state index in [-0.39, 0.29) is 23.7 Å². The highest BCUT2D eigenvalue weighted by atomic mass is 35.5. The SMILES string of the molecule is CC[C@H](CC1CCCC1)C(=O)N(c1nc(-c2cc(F)ccc2Cl)cs1)C1CC1. The Morgan fingerprint density at radius 3 is 2.75 bits per heavy atom. The van der Waals surface area contributed by atoms with Gasteiger partial charge < -0.3 is 0 Å². The molecule has 0 bridgehead atoms. The Hall–Kier alpha value is -1.46. The van der Waals surface area contributed by atoms with Crippen LogP contribution in [0.3, 0.4) is 0 Å². The maximum Gasteiger partial charge on any atom is 0.232 e. The number of benzene rings is 1. The molecule has 2 fully saturated rings. The van der Waals surface area contributed by atoms with Crippen LogP contribution in [0, 0.1) is 17.7 Å². The molecule has 2 aliphatic carbocycles. The van der Waals surface area contributed by atoms with Crippen LogP contribution >= 0.6 is 22.9 Å². The van der Waals surface area contributed by atoms with Crippen LogP contribution in [-0.4, -0.2) is 16.9 Å². The number of aromatic nitrogens is 1. The summed E-state index contributed by atoms with van der Waals surface area (Å²) in [6, 6.07) is 4.55. The molecule has 1 aromatic carbocycles. The standard InChI is InChI=1S/C22H26ClFN2OS/c1-2-15(11-14-5-3-4-6-14)21(27)26(17-8-9-17)22-25-20(13-28-22)18-12-16(24)7-10-19(18)23/h7,10,12-15,17H,2-6,8-9,11H2,1H3/t15-/m1/s1. The molecule has 2 aromatic rings. The van der Waals surface area contributed by atoms with E-state index in [0.29, 0.717) is 27.3 Å². The van der Waals surface area contributed by atoms with E-state index >= 15 is 0 Å². The minimum atomic E-state index is -0.341. The second-order valence-electron chi connectivity index (χ2n) is 8.07. The number of hydrogen-bond donors (Lipinski definition) is 0. The van der Waals surface area contributed by atoms with Gasteiger partial charge in [0.15, 0.2) is 5.13 Å². The lowest BCUT2D eigenvalue weighted by Crippen LogP contribution is -2.38. The third-order valence-corrected chi connectivity index (χ3v) is 7.16. The van der Waals surface area contributed by atoms with Gasteiger partial charge in [-0.2, -0.15) is 0 Å². The average Bonchev–Trinajstić information content (AvgIpc) is 3.17. The Morgan fingerprint density at radius 2 is 2.07 bits per heavy atom. The fraction of sp³-hybridized carbons (Fsp3) is 0.545. The van der Waals surface area contributed by atoms with E-state index in [9.17, 15) is 9.18 Å². The van der Waals surface area contributed by atoms with Crippen molar-refractivity contribution in [3.05, 3.63) is 34.4 Å². The molecular formula is C22H26ClFN2OS. The van der Waals surface area contributed by atoms with Crippen molar-refractivity contribution in [1.82, 2.24) is 4.98 Å². The van der Waals surface area contributed by atoms with E-state index in [1.54, 1.807) is 6.07 Å². The van der Waals surface area contributed by atoms with Gasteiger partial charge in [-0.1, -0.05) is 44.2 Å². The van der Waals surface area contributed by atoms with Gasteiger partial charge in [-0.25, -0.2) is 9.37 Å². The van der Waals surface area contributed by atoms with Gasteiger partial charge in [0.05, 0.1) is 10.7 Å². The van der Waals surface area contributed by atoms with E-state index in [4.69, 9.17) is 11.6 Å². The molecule has 1 amide bonds. The predicted molar refractivity (Wildman–Crippen MR) is 113 cm³/mol. The number of carbonyl (C=O) groups is 1. The topological polar surface area (TPSA) is 33.2 Å². The van der Waals surface area contributed by atoms with Crippen LogP contribution in [0.25, 0.3) is 11.3 Å². The third kappa shape index (κ3) is 4.25. The molecule has 0 N–H and O–H groups in total. The fourth-order valence-corrected chi connectivity index (χ4v) is 5.36. The molecule has 28 heavy (non-hydrogen) atoms. The summed E-state index contributed by atoms with van der Waals surface area (Å²) in [5, 5.41) is 3.05. The van der Waals surface area contributed by atoms with Crippen LogP contribution in [0.4, 0.5) is 9.52 Å². The van der Waals surface area contributed by atoms with Crippen molar-refractivity contribution < 1.29 is 9.18 Å². The van der Waals surface area contributed by atoms with Crippen LogP contribution in [0.5, 0.6) is 0 Å². The molecule has 0 radical (unpaired) electrons. The summed E-state index contributed by atoms with van der Waals surface area (Å²) in [5.41, 5.74) is 1.21. The first-order valence-corrected chi connectivity index (χ1v) is 11.6. The predicted octanol–water partition coefficient (Wildman–Crippen LogP) is 6.70. The molecule has 3 nitrogen and oxygen atoms in total. The summed E-state index contributed by atoms with van der Waals surface area (Å²) in [6.45, 7) is 2.11. The van der Waals surface area contributed by atoms with Gasteiger partial charge >= 0.3 is 0 Å². The molecule has 4 rings (SSSR count). The van der Waals surface area contributed by atoms with E-state index in [2.05, 4.69) is 11.9 Å². The first-order chi connectivity index (χ1) is 13.6. The third-order valence-electron chi connectivity index (χ3n) is 5.99. The Kier molecular flexibility index (Phi) is 6.02. The van der Waals surface area contributed by atoms with Crippen LogP contribution in [0.1, 0.15) is 58.3 Å². The zero-order valence-corrected chi connectivity index (χ0v) is 17.7. The second kappa shape index (κ2) is 8.50. The van der Waals surface area contributed by atoms with Crippen molar-refractivity contribution >= 4 is 34.0 Å². The number of carbonyl (C=O) groups excluding carboxylic acids is 1. The highest BCUT2D eigenvalue weighted by Crippen LogP contribution is 2.40. The van der Waals surface area contributed by atoms with Gasteiger partial charge in [-0.05, 0) is 49.8 Å². The highest BCUT2D eigenvalue weighted by molar-refractivity contribution is 7.14. The Balaban J connectivity index is 1.57. The molecule has 0 aliphatic heterocycles. The first kappa shape index (κ1) is 19.8. The van der Waals surface area contributed by atoms with E-state index in [1.165, 1.54) is 49.2 Å². The number of nitrogens with zero attached hydrogens (tertiary/aromatic N) is 2. The maximum absolute atomic E-state index is 13.7. The second-order valence-corrected chi connectivity index (χ2v) is 9.31. The zero-order valence-electron chi connectivity index (χ0n) is 16.2. The monoisotopic (exact) mass is 420 g/mol. The lowest BCUT2D eigenvalue weighted by Gasteiger charge is -2.26. The molecule has 150 valence electrons. The fourth-order valence-electron chi connectivity index (χ4n) is 4.24. The smallest absolute Gasteiger partial charge is 0.232 e. The summed E-state index contributed by atoms with van der Waals surface area (Å²) in [4.78, 5) is 20.0. The molecule has 1 aromatic heterocycles. The van der Waals surface area contributed by atoms with Crippen molar-refractivity contribution in [2.24, 2.45) is 11.8 Å². The summed E-state index contributed by atoms with van der Waals surface area (Å²) < 4.78 is 13.7. The molecule has 0 saturated heterocycles. The largest absolute Gasteiger partial charge is 0.285 e. The van der Waals surface area contributed by atoms with Crippen LogP contribution in [-0.2, 0) is 4.79 Å². The van der Waals surface area contributed by atoms with Crippen molar-refractivity contribution in [3.8, 4) is 11.3 Å². The number of hydrogen-bond acceptors (Lipinski definition) is 3. The molecule has 0 unspecified atom stereocenters. The Morgan fingerprint density at radius 1 is 1.32 bits per heavy atom. The molecule has 2 aliphatic rings. The Labute approximate surface area is 174 Å². The highest BCUT2D eigenvalue weighted by Gasteiger charge is 2.38. The number of halogens is 2. The maximum atomic E-state index is 13.7. The number of rotatable bonds is 7. The summed E-state index contributed by atoms with van der Waals surface area (Å²) in [5.74, 6) is 0.622. The summed E-state index contributed by atoms with van der Waals surface area (Å²) >= 11 is 7.69. The van der Waals surface area contributed by atoms with Crippen LogP contribution < -0.4 is 4.90 Å². The van der Waals surface area contributed by atoms with Gasteiger partial charge in [-0.15, -0.1) is 11.3 Å². The molecular weight excluding hydrogens is 395 g/mol. The molecule has 2 saturated carbocycles. The average molecular weight is 421 g/mol. The lowest BCUT2D eigenvalue weighted by atomic mass is 9.90. The van der Waals surface area contributed by atoms with E-state index in [0.717, 1.165) is 25.7 Å². The quantitative estimate of drug-likeness (QED) is 0.499. The van der Waals surface area contributed by atoms with Crippen molar-refractivity contribution in [3.63, 3.8) is 0 Å². The molecule has 1 heterocycles. The lowest BCUT2D eigenvalue weighted by molar-refractivity contribution is -0.123. The van der Waals surface area contributed by atoms with Crippen molar-refractivity contribution in [1.29, 1.82) is 0 Å². The summed E-state index contributed by atoms with van der Waals surface area (Å²) in [6.07, 6.45) is 9.03. The molecule has 1 atom stereocenters. The van der Waals surface area contributed by atoms with Gasteiger partial charge in [0.2, 0.25) is 5.91 Å². The normalized spacial score (nSPS) is 18.4. The van der Waals surface area contributed by atoms with E-state index < -0.39 is 0 Å². The molecule has 6 heteroatoms.